The average Bonchev–Trinajstić information content (AvgIpc) is 2.73. The average molecular weight is 418 g/mol. The number of amides is 3. The Morgan fingerprint density at radius 3 is 1.97 bits per heavy atom. The molecule has 2 heterocycles. The molecule has 1 N–H and O–H groups in total. The van der Waals surface area contributed by atoms with E-state index >= 15 is 0 Å². The minimum atomic E-state index is -0.392. The zero-order chi connectivity index (χ0) is 21.9. The standard InChI is InChI=1S/C23H32FN3O3/c1-23(2,3)22(30)27-12-8-17(9-13-27)21(29)26-14-10-19(11-15-26)25-20(28)16-4-6-18(24)7-5-16/h4-7,17,19H,8-15H2,1-3H3,(H,25,28). The second-order valence-electron chi connectivity index (χ2n) is 9.40. The van der Waals surface area contributed by atoms with Gasteiger partial charge in [0.2, 0.25) is 11.8 Å². The van der Waals surface area contributed by atoms with Gasteiger partial charge in [0.05, 0.1) is 0 Å². The summed E-state index contributed by atoms with van der Waals surface area (Å²) in [6, 6.07) is 5.51. The van der Waals surface area contributed by atoms with Gasteiger partial charge in [-0.3, -0.25) is 14.4 Å². The molecule has 2 aliphatic rings. The Morgan fingerprint density at radius 2 is 1.43 bits per heavy atom. The van der Waals surface area contributed by atoms with Gasteiger partial charge in [-0.05, 0) is 49.9 Å². The first-order valence-corrected chi connectivity index (χ1v) is 10.8. The van der Waals surface area contributed by atoms with E-state index in [1.807, 2.05) is 30.6 Å². The fourth-order valence-electron chi connectivity index (χ4n) is 4.18. The van der Waals surface area contributed by atoms with Crippen LogP contribution in [-0.2, 0) is 9.59 Å². The first-order valence-electron chi connectivity index (χ1n) is 10.8. The van der Waals surface area contributed by atoms with E-state index < -0.39 is 5.41 Å². The second kappa shape index (κ2) is 9.14. The maximum Gasteiger partial charge on any atom is 0.251 e. The molecule has 0 aromatic heterocycles. The highest BCUT2D eigenvalue weighted by Crippen LogP contribution is 2.25. The van der Waals surface area contributed by atoms with Crippen LogP contribution in [0.25, 0.3) is 0 Å². The van der Waals surface area contributed by atoms with Crippen LogP contribution in [0.3, 0.4) is 0 Å². The number of hydrogen-bond acceptors (Lipinski definition) is 3. The zero-order valence-corrected chi connectivity index (χ0v) is 18.1. The summed E-state index contributed by atoms with van der Waals surface area (Å²) in [4.78, 5) is 41.4. The Labute approximate surface area is 177 Å². The third-order valence-corrected chi connectivity index (χ3v) is 6.02. The SMILES string of the molecule is CC(C)(C)C(=O)N1CCC(C(=O)N2CCC(NC(=O)c3ccc(F)cc3)CC2)CC1. The van der Waals surface area contributed by atoms with Gasteiger partial charge in [0.15, 0.2) is 0 Å². The molecule has 1 aromatic carbocycles. The largest absolute Gasteiger partial charge is 0.349 e. The summed E-state index contributed by atoms with van der Waals surface area (Å²) in [7, 11) is 0. The Kier molecular flexibility index (Phi) is 6.78. The Hall–Kier alpha value is -2.44. The molecule has 0 aliphatic carbocycles. The summed E-state index contributed by atoms with van der Waals surface area (Å²) in [6.45, 7) is 8.28. The summed E-state index contributed by atoms with van der Waals surface area (Å²) in [5.41, 5.74) is 0.0448. The lowest BCUT2D eigenvalue weighted by molar-refractivity contribution is -0.145. The van der Waals surface area contributed by atoms with Crippen LogP contribution in [0.4, 0.5) is 4.39 Å². The molecule has 0 bridgehead atoms. The molecule has 3 rings (SSSR count). The summed E-state index contributed by atoms with van der Waals surface area (Å²) >= 11 is 0. The van der Waals surface area contributed by atoms with Crippen molar-refractivity contribution < 1.29 is 18.8 Å². The lowest BCUT2D eigenvalue weighted by atomic mass is 9.90. The van der Waals surface area contributed by atoms with E-state index in [1.54, 1.807) is 0 Å². The molecule has 7 heteroatoms. The van der Waals surface area contributed by atoms with Crippen molar-refractivity contribution in [3.05, 3.63) is 35.6 Å². The van der Waals surface area contributed by atoms with Crippen molar-refractivity contribution in [2.45, 2.75) is 52.5 Å². The number of piperidine rings is 2. The first kappa shape index (κ1) is 22.2. The number of nitrogens with one attached hydrogen (secondary N) is 1. The summed E-state index contributed by atoms with van der Waals surface area (Å²) in [5.74, 6) is -0.297. The molecule has 0 atom stereocenters. The Bertz CT molecular complexity index is 772. The van der Waals surface area contributed by atoms with Crippen molar-refractivity contribution in [3.63, 3.8) is 0 Å². The van der Waals surface area contributed by atoms with E-state index in [9.17, 15) is 18.8 Å². The van der Waals surface area contributed by atoms with Crippen molar-refractivity contribution in [2.24, 2.45) is 11.3 Å². The number of carbonyl (C=O) groups is 3. The van der Waals surface area contributed by atoms with Gasteiger partial charge >= 0.3 is 0 Å². The van der Waals surface area contributed by atoms with E-state index in [0.29, 0.717) is 57.4 Å². The summed E-state index contributed by atoms with van der Waals surface area (Å²) in [6.07, 6.45) is 2.84. The second-order valence-corrected chi connectivity index (χ2v) is 9.40. The van der Waals surface area contributed by atoms with Gasteiger partial charge in [-0.25, -0.2) is 4.39 Å². The predicted molar refractivity (Wildman–Crippen MR) is 112 cm³/mol. The van der Waals surface area contributed by atoms with Gasteiger partial charge in [0.25, 0.3) is 5.91 Å². The molecule has 6 nitrogen and oxygen atoms in total. The van der Waals surface area contributed by atoms with E-state index in [0.717, 1.165) is 0 Å². The van der Waals surface area contributed by atoms with E-state index in [-0.39, 0.29) is 35.5 Å². The van der Waals surface area contributed by atoms with Crippen LogP contribution in [0.5, 0.6) is 0 Å². The van der Waals surface area contributed by atoms with Crippen LogP contribution in [-0.4, -0.2) is 59.7 Å². The lowest BCUT2D eigenvalue weighted by Gasteiger charge is -2.38. The molecule has 30 heavy (non-hydrogen) atoms. The quantitative estimate of drug-likeness (QED) is 0.822. The number of likely N-dealkylation sites (tertiary alicyclic amines) is 2. The summed E-state index contributed by atoms with van der Waals surface area (Å²) in [5, 5.41) is 2.98. The fraction of sp³-hybridized carbons (Fsp3) is 0.609. The van der Waals surface area contributed by atoms with Gasteiger partial charge < -0.3 is 15.1 Å². The van der Waals surface area contributed by atoms with Crippen LogP contribution in [0, 0.1) is 17.2 Å². The zero-order valence-electron chi connectivity index (χ0n) is 18.1. The number of hydrogen-bond donors (Lipinski definition) is 1. The predicted octanol–water partition coefficient (Wildman–Crippen LogP) is 2.83. The smallest absolute Gasteiger partial charge is 0.251 e. The number of rotatable bonds is 3. The molecule has 1 aromatic rings. The first-order chi connectivity index (χ1) is 14.1. The topological polar surface area (TPSA) is 69.7 Å². The van der Waals surface area contributed by atoms with E-state index in [1.165, 1.54) is 24.3 Å². The van der Waals surface area contributed by atoms with Crippen molar-refractivity contribution >= 4 is 17.7 Å². The van der Waals surface area contributed by atoms with Crippen molar-refractivity contribution in [1.29, 1.82) is 0 Å². The molecular weight excluding hydrogens is 385 g/mol. The molecular formula is C23H32FN3O3. The highest BCUT2D eigenvalue weighted by atomic mass is 19.1. The molecule has 2 saturated heterocycles. The molecule has 164 valence electrons. The third kappa shape index (κ3) is 5.37. The van der Waals surface area contributed by atoms with Crippen molar-refractivity contribution in [3.8, 4) is 0 Å². The Balaban J connectivity index is 1.44. The summed E-state index contributed by atoms with van der Waals surface area (Å²) < 4.78 is 13.0. The number of benzene rings is 1. The Morgan fingerprint density at radius 1 is 0.900 bits per heavy atom. The van der Waals surface area contributed by atoms with Crippen LogP contribution >= 0.6 is 0 Å². The molecule has 2 fully saturated rings. The van der Waals surface area contributed by atoms with Gasteiger partial charge in [-0.15, -0.1) is 0 Å². The highest BCUT2D eigenvalue weighted by molar-refractivity contribution is 5.94. The maximum absolute atomic E-state index is 13.0. The van der Waals surface area contributed by atoms with Crippen LogP contribution in [0.15, 0.2) is 24.3 Å². The van der Waals surface area contributed by atoms with E-state index in [2.05, 4.69) is 5.32 Å². The normalized spacial score (nSPS) is 18.9. The molecule has 0 saturated carbocycles. The third-order valence-electron chi connectivity index (χ3n) is 6.02. The maximum atomic E-state index is 13.0. The van der Waals surface area contributed by atoms with Crippen LogP contribution in [0.1, 0.15) is 56.8 Å². The fourth-order valence-corrected chi connectivity index (χ4v) is 4.18. The highest BCUT2D eigenvalue weighted by Gasteiger charge is 2.34. The van der Waals surface area contributed by atoms with Crippen LogP contribution in [0.2, 0.25) is 0 Å². The van der Waals surface area contributed by atoms with Gasteiger partial charge in [0.1, 0.15) is 5.82 Å². The molecule has 3 amide bonds. The number of halogens is 1. The molecule has 0 radical (unpaired) electrons. The minimum Gasteiger partial charge on any atom is -0.349 e. The van der Waals surface area contributed by atoms with Gasteiger partial charge in [-0.2, -0.15) is 0 Å². The molecule has 0 spiro atoms. The van der Waals surface area contributed by atoms with Gasteiger partial charge in [-0.1, -0.05) is 20.8 Å². The van der Waals surface area contributed by atoms with Crippen LogP contribution < -0.4 is 5.32 Å². The minimum absolute atomic E-state index is 0.0119. The number of nitrogens with zero attached hydrogens (tertiary/aromatic N) is 2. The number of carbonyl (C=O) groups excluding carboxylic acids is 3. The monoisotopic (exact) mass is 417 g/mol. The van der Waals surface area contributed by atoms with Crippen molar-refractivity contribution in [1.82, 2.24) is 15.1 Å². The van der Waals surface area contributed by atoms with Crippen molar-refractivity contribution in [2.75, 3.05) is 26.2 Å². The molecule has 2 aliphatic heterocycles. The molecule has 0 unspecified atom stereocenters. The lowest BCUT2D eigenvalue weighted by Crippen LogP contribution is -2.50. The van der Waals surface area contributed by atoms with E-state index in [4.69, 9.17) is 0 Å². The van der Waals surface area contributed by atoms with Gasteiger partial charge in [0, 0.05) is 49.1 Å².